The van der Waals surface area contributed by atoms with E-state index in [9.17, 15) is 0 Å². The predicted molar refractivity (Wildman–Crippen MR) is 91.8 cm³/mol. The molecule has 0 unspecified atom stereocenters. The van der Waals surface area contributed by atoms with Gasteiger partial charge < -0.3 is 9.80 Å². The SMILES string of the molecule is Cc1ccc(N2c3cc(C)c(C)cc3N(C)[C@@H]2C)cc1C. The van der Waals surface area contributed by atoms with Crippen molar-refractivity contribution in [2.24, 2.45) is 0 Å². The molecule has 0 N–H and O–H groups in total. The second-order valence-corrected chi connectivity index (χ2v) is 6.31. The summed E-state index contributed by atoms with van der Waals surface area (Å²) in [4.78, 5) is 4.80. The molecule has 0 saturated heterocycles. The summed E-state index contributed by atoms with van der Waals surface area (Å²) in [6, 6.07) is 11.4. The highest BCUT2D eigenvalue weighted by Gasteiger charge is 2.31. The lowest BCUT2D eigenvalue weighted by molar-refractivity contribution is 0.734. The molecule has 1 aliphatic heterocycles. The van der Waals surface area contributed by atoms with Crippen LogP contribution in [0.5, 0.6) is 0 Å². The fourth-order valence-electron chi connectivity index (χ4n) is 3.07. The highest BCUT2D eigenvalue weighted by atomic mass is 15.4. The zero-order valence-electron chi connectivity index (χ0n) is 13.9. The van der Waals surface area contributed by atoms with Gasteiger partial charge in [0.05, 0.1) is 11.4 Å². The summed E-state index contributed by atoms with van der Waals surface area (Å²) < 4.78 is 0. The molecule has 110 valence electrons. The van der Waals surface area contributed by atoms with Gasteiger partial charge in [-0.2, -0.15) is 0 Å². The van der Waals surface area contributed by atoms with Gasteiger partial charge in [-0.25, -0.2) is 0 Å². The smallest absolute Gasteiger partial charge is 0.103 e. The summed E-state index contributed by atoms with van der Waals surface area (Å²) in [7, 11) is 2.18. The molecule has 2 nitrogen and oxygen atoms in total. The molecule has 0 aliphatic carbocycles. The Balaban J connectivity index is 2.16. The van der Waals surface area contributed by atoms with Crippen LogP contribution in [-0.4, -0.2) is 13.2 Å². The maximum atomic E-state index is 2.44. The molecule has 0 amide bonds. The highest BCUT2D eigenvalue weighted by Crippen LogP contribution is 2.44. The van der Waals surface area contributed by atoms with Crippen LogP contribution in [-0.2, 0) is 0 Å². The van der Waals surface area contributed by atoms with E-state index in [0.717, 1.165) is 0 Å². The average molecular weight is 280 g/mol. The van der Waals surface area contributed by atoms with Crippen LogP contribution in [0.4, 0.5) is 17.1 Å². The number of anilines is 3. The van der Waals surface area contributed by atoms with Gasteiger partial charge in [0.1, 0.15) is 6.17 Å². The van der Waals surface area contributed by atoms with Crippen molar-refractivity contribution in [3.05, 3.63) is 52.6 Å². The van der Waals surface area contributed by atoms with Gasteiger partial charge in [0, 0.05) is 12.7 Å². The first kappa shape index (κ1) is 14.0. The van der Waals surface area contributed by atoms with Gasteiger partial charge in [0.2, 0.25) is 0 Å². The third kappa shape index (κ3) is 2.10. The molecule has 3 rings (SSSR count). The minimum Gasteiger partial charge on any atom is -0.353 e. The maximum Gasteiger partial charge on any atom is 0.103 e. The largest absolute Gasteiger partial charge is 0.353 e. The van der Waals surface area contributed by atoms with Crippen molar-refractivity contribution < 1.29 is 0 Å². The molecule has 2 aromatic carbocycles. The number of fused-ring (bicyclic) bond motifs is 1. The van der Waals surface area contributed by atoms with E-state index in [4.69, 9.17) is 0 Å². The van der Waals surface area contributed by atoms with Crippen molar-refractivity contribution in [1.29, 1.82) is 0 Å². The first-order valence-electron chi connectivity index (χ1n) is 7.60. The fraction of sp³-hybridized carbons (Fsp3) is 0.368. The average Bonchev–Trinajstić information content (AvgIpc) is 2.67. The summed E-state index contributed by atoms with van der Waals surface area (Å²) in [6.07, 6.45) is 0.336. The minimum atomic E-state index is 0.336. The number of hydrogen-bond acceptors (Lipinski definition) is 2. The van der Waals surface area contributed by atoms with Crippen LogP contribution >= 0.6 is 0 Å². The molecule has 0 bridgehead atoms. The van der Waals surface area contributed by atoms with E-state index in [2.05, 4.69) is 81.8 Å². The second kappa shape index (κ2) is 4.80. The first-order chi connectivity index (χ1) is 9.90. The zero-order valence-corrected chi connectivity index (χ0v) is 13.9. The standard InChI is InChI=1S/C19H24N2/c1-12-7-8-17(9-13(12)2)21-16(5)20(6)18-10-14(3)15(4)11-19(18)21/h7-11,16H,1-6H3/t16-/m0/s1. The Morgan fingerprint density at radius 2 is 1.33 bits per heavy atom. The minimum absolute atomic E-state index is 0.336. The predicted octanol–water partition coefficient (Wildman–Crippen LogP) is 4.85. The molecule has 0 spiro atoms. The van der Waals surface area contributed by atoms with E-state index in [0.29, 0.717) is 6.17 Å². The third-order valence-electron chi connectivity index (χ3n) is 4.93. The van der Waals surface area contributed by atoms with Crippen molar-refractivity contribution in [1.82, 2.24) is 0 Å². The van der Waals surface area contributed by atoms with E-state index >= 15 is 0 Å². The quantitative estimate of drug-likeness (QED) is 0.736. The molecular weight excluding hydrogens is 256 g/mol. The Bertz CT molecular complexity index is 703. The van der Waals surface area contributed by atoms with Crippen LogP contribution in [0, 0.1) is 27.7 Å². The molecule has 0 saturated carbocycles. The summed E-state index contributed by atoms with van der Waals surface area (Å²) in [5, 5.41) is 0. The van der Waals surface area contributed by atoms with Gasteiger partial charge in [-0.05, 0) is 81.1 Å². The molecule has 0 radical (unpaired) electrons. The molecule has 1 atom stereocenters. The van der Waals surface area contributed by atoms with E-state index in [1.54, 1.807) is 0 Å². The van der Waals surface area contributed by atoms with Crippen LogP contribution < -0.4 is 9.80 Å². The summed E-state index contributed by atoms with van der Waals surface area (Å²) in [5.74, 6) is 0. The number of rotatable bonds is 1. The lowest BCUT2D eigenvalue weighted by Gasteiger charge is -2.28. The third-order valence-corrected chi connectivity index (χ3v) is 4.93. The normalized spacial score (nSPS) is 17.3. The van der Waals surface area contributed by atoms with Crippen LogP contribution in [0.2, 0.25) is 0 Å². The number of aryl methyl sites for hydroxylation is 4. The number of benzene rings is 2. The van der Waals surface area contributed by atoms with Gasteiger partial charge in [0.25, 0.3) is 0 Å². The van der Waals surface area contributed by atoms with Gasteiger partial charge in [-0.15, -0.1) is 0 Å². The van der Waals surface area contributed by atoms with Crippen LogP contribution in [0.1, 0.15) is 29.2 Å². The topological polar surface area (TPSA) is 6.48 Å². The molecule has 2 heteroatoms. The summed E-state index contributed by atoms with van der Waals surface area (Å²) in [5.41, 5.74) is 9.32. The first-order valence-corrected chi connectivity index (χ1v) is 7.60. The lowest BCUT2D eigenvalue weighted by Crippen LogP contribution is -2.35. The Morgan fingerprint density at radius 3 is 1.95 bits per heavy atom. The van der Waals surface area contributed by atoms with Gasteiger partial charge in [-0.3, -0.25) is 0 Å². The highest BCUT2D eigenvalue weighted by molar-refractivity contribution is 5.84. The van der Waals surface area contributed by atoms with Crippen molar-refractivity contribution in [3.63, 3.8) is 0 Å². The lowest BCUT2D eigenvalue weighted by atomic mass is 10.1. The van der Waals surface area contributed by atoms with E-state index in [1.807, 2.05) is 0 Å². The van der Waals surface area contributed by atoms with Crippen molar-refractivity contribution in [2.45, 2.75) is 40.8 Å². The Labute approximate surface area is 128 Å². The van der Waals surface area contributed by atoms with Crippen LogP contribution in [0.15, 0.2) is 30.3 Å². The van der Waals surface area contributed by atoms with E-state index in [1.165, 1.54) is 39.3 Å². The molecular formula is C19H24N2. The van der Waals surface area contributed by atoms with Crippen LogP contribution in [0.25, 0.3) is 0 Å². The second-order valence-electron chi connectivity index (χ2n) is 6.31. The van der Waals surface area contributed by atoms with Gasteiger partial charge in [-0.1, -0.05) is 6.07 Å². The van der Waals surface area contributed by atoms with Gasteiger partial charge >= 0.3 is 0 Å². The van der Waals surface area contributed by atoms with Crippen LogP contribution in [0.3, 0.4) is 0 Å². The Hall–Kier alpha value is -1.96. The molecule has 21 heavy (non-hydrogen) atoms. The zero-order chi connectivity index (χ0) is 15.3. The Morgan fingerprint density at radius 1 is 0.762 bits per heavy atom. The van der Waals surface area contributed by atoms with Gasteiger partial charge in [0.15, 0.2) is 0 Å². The molecule has 1 heterocycles. The van der Waals surface area contributed by atoms with Crippen molar-refractivity contribution >= 4 is 17.1 Å². The fourth-order valence-corrected chi connectivity index (χ4v) is 3.07. The summed E-state index contributed by atoms with van der Waals surface area (Å²) >= 11 is 0. The van der Waals surface area contributed by atoms with E-state index < -0.39 is 0 Å². The van der Waals surface area contributed by atoms with Crippen molar-refractivity contribution in [3.8, 4) is 0 Å². The summed E-state index contributed by atoms with van der Waals surface area (Å²) in [6.45, 7) is 11.0. The maximum absolute atomic E-state index is 2.44. The van der Waals surface area contributed by atoms with Crippen molar-refractivity contribution in [2.75, 3.05) is 16.8 Å². The number of nitrogens with zero attached hydrogens (tertiary/aromatic N) is 2. The monoisotopic (exact) mass is 280 g/mol. The molecule has 1 aliphatic rings. The molecule has 0 fully saturated rings. The molecule has 2 aromatic rings. The Kier molecular flexibility index (Phi) is 3.20. The molecule has 0 aromatic heterocycles. The number of hydrogen-bond donors (Lipinski definition) is 0. The van der Waals surface area contributed by atoms with E-state index in [-0.39, 0.29) is 0 Å².